The van der Waals surface area contributed by atoms with Gasteiger partial charge in [-0.15, -0.1) is 0 Å². The van der Waals surface area contributed by atoms with E-state index in [0.717, 1.165) is 48.7 Å². The summed E-state index contributed by atoms with van der Waals surface area (Å²) < 4.78 is 5.95. The second-order valence-electron chi connectivity index (χ2n) is 6.15. The highest BCUT2D eigenvalue weighted by Crippen LogP contribution is 2.38. The summed E-state index contributed by atoms with van der Waals surface area (Å²) in [5, 5.41) is 3.43. The van der Waals surface area contributed by atoms with E-state index in [9.17, 15) is 0 Å². The van der Waals surface area contributed by atoms with Crippen LogP contribution in [0.2, 0.25) is 0 Å². The zero-order valence-electron chi connectivity index (χ0n) is 14.0. The lowest BCUT2D eigenvalue weighted by Gasteiger charge is -2.30. The molecule has 4 heteroatoms. The van der Waals surface area contributed by atoms with Crippen molar-refractivity contribution < 1.29 is 4.74 Å². The lowest BCUT2D eigenvalue weighted by atomic mass is 9.92. The molecule has 1 fully saturated rings. The number of aryl methyl sites for hydroxylation is 1. The van der Waals surface area contributed by atoms with Crippen molar-refractivity contribution in [3.8, 4) is 0 Å². The number of nitrogens with one attached hydrogen (secondary N) is 1. The largest absolute Gasteiger partial charge is 0.370 e. The summed E-state index contributed by atoms with van der Waals surface area (Å²) in [6, 6.07) is 0. The van der Waals surface area contributed by atoms with Crippen LogP contribution in [0.4, 0.5) is 5.82 Å². The monoisotopic (exact) mass is 291 g/mol. The molecule has 0 radical (unpaired) electrons. The van der Waals surface area contributed by atoms with E-state index < -0.39 is 0 Å². The number of rotatable bonds is 5. The van der Waals surface area contributed by atoms with Crippen molar-refractivity contribution in [3.63, 3.8) is 0 Å². The number of anilines is 1. The molecular formula is C17H29N3O. The lowest BCUT2D eigenvalue weighted by molar-refractivity contribution is -0.0351. The number of methoxy groups -OCH3 is 1. The number of hydrogen-bond acceptors (Lipinski definition) is 4. The quantitative estimate of drug-likeness (QED) is 0.829. The fourth-order valence-corrected chi connectivity index (χ4v) is 3.07. The van der Waals surface area contributed by atoms with Gasteiger partial charge < -0.3 is 10.1 Å². The molecular weight excluding hydrogens is 262 g/mol. The van der Waals surface area contributed by atoms with Crippen molar-refractivity contribution in [1.82, 2.24) is 9.97 Å². The van der Waals surface area contributed by atoms with E-state index in [1.165, 1.54) is 25.7 Å². The van der Waals surface area contributed by atoms with Crippen LogP contribution < -0.4 is 5.32 Å². The first-order valence-electron chi connectivity index (χ1n) is 8.27. The van der Waals surface area contributed by atoms with Gasteiger partial charge in [0.2, 0.25) is 0 Å². The normalized spacial score (nSPS) is 18.3. The standard InChI is InChI=1S/C17H29N3O/c1-5-12-18-15-13(2)14(3)19-16(20-15)17(21-4)10-8-6-7-9-11-17/h5-12H2,1-4H3,(H,18,19,20). The van der Waals surface area contributed by atoms with E-state index in [-0.39, 0.29) is 5.60 Å². The van der Waals surface area contributed by atoms with Crippen molar-refractivity contribution >= 4 is 5.82 Å². The molecule has 0 saturated heterocycles. The summed E-state index contributed by atoms with van der Waals surface area (Å²) in [4.78, 5) is 9.61. The third kappa shape index (κ3) is 3.54. The molecule has 1 aliphatic rings. The van der Waals surface area contributed by atoms with Crippen LogP contribution in [0.3, 0.4) is 0 Å². The zero-order chi connectivity index (χ0) is 15.3. The fourth-order valence-electron chi connectivity index (χ4n) is 3.07. The Morgan fingerprint density at radius 1 is 1.10 bits per heavy atom. The van der Waals surface area contributed by atoms with E-state index >= 15 is 0 Å². The van der Waals surface area contributed by atoms with Crippen LogP contribution in [0.15, 0.2) is 0 Å². The Morgan fingerprint density at radius 2 is 1.76 bits per heavy atom. The summed E-state index contributed by atoms with van der Waals surface area (Å²) >= 11 is 0. The molecule has 4 nitrogen and oxygen atoms in total. The maximum atomic E-state index is 5.95. The van der Waals surface area contributed by atoms with Gasteiger partial charge in [-0.1, -0.05) is 32.6 Å². The van der Waals surface area contributed by atoms with Crippen LogP contribution in [-0.4, -0.2) is 23.6 Å². The van der Waals surface area contributed by atoms with Gasteiger partial charge in [0.15, 0.2) is 5.82 Å². The molecule has 0 atom stereocenters. The van der Waals surface area contributed by atoms with Gasteiger partial charge in [-0.3, -0.25) is 0 Å². The van der Waals surface area contributed by atoms with Crippen LogP contribution in [0.5, 0.6) is 0 Å². The van der Waals surface area contributed by atoms with E-state index in [0.29, 0.717) is 0 Å². The van der Waals surface area contributed by atoms with E-state index in [1.807, 2.05) is 7.11 Å². The molecule has 21 heavy (non-hydrogen) atoms. The molecule has 1 N–H and O–H groups in total. The molecule has 1 heterocycles. The summed E-state index contributed by atoms with van der Waals surface area (Å²) in [5.74, 6) is 1.84. The van der Waals surface area contributed by atoms with E-state index in [1.54, 1.807) is 0 Å². The van der Waals surface area contributed by atoms with Crippen LogP contribution in [-0.2, 0) is 10.3 Å². The first kappa shape index (κ1) is 16.2. The Labute approximate surface area is 128 Å². The summed E-state index contributed by atoms with van der Waals surface area (Å²) in [6.45, 7) is 7.26. The smallest absolute Gasteiger partial charge is 0.162 e. The second-order valence-corrected chi connectivity index (χ2v) is 6.15. The maximum Gasteiger partial charge on any atom is 0.162 e. The number of aromatic nitrogens is 2. The predicted octanol–water partition coefficient (Wildman–Crippen LogP) is 4.11. The Hall–Kier alpha value is -1.16. The molecule has 1 aromatic rings. The van der Waals surface area contributed by atoms with E-state index in [4.69, 9.17) is 14.7 Å². The van der Waals surface area contributed by atoms with Gasteiger partial charge in [-0.25, -0.2) is 9.97 Å². The topological polar surface area (TPSA) is 47.0 Å². The van der Waals surface area contributed by atoms with E-state index in [2.05, 4.69) is 26.1 Å². The van der Waals surface area contributed by atoms with Crippen LogP contribution in [0.25, 0.3) is 0 Å². The average molecular weight is 291 g/mol. The van der Waals surface area contributed by atoms with Gasteiger partial charge in [-0.2, -0.15) is 0 Å². The molecule has 1 saturated carbocycles. The van der Waals surface area contributed by atoms with Gasteiger partial charge in [0.1, 0.15) is 11.4 Å². The van der Waals surface area contributed by atoms with Gasteiger partial charge >= 0.3 is 0 Å². The maximum absolute atomic E-state index is 5.95. The molecule has 0 aliphatic heterocycles. The molecule has 118 valence electrons. The first-order valence-corrected chi connectivity index (χ1v) is 8.27. The first-order chi connectivity index (χ1) is 10.1. The molecule has 0 aromatic carbocycles. The minimum atomic E-state index is -0.294. The zero-order valence-corrected chi connectivity index (χ0v) is 14.0. The van der Waals surface area contributed by atoms with Crippen LogP contribution in [0.1, 0.15) is 69.0 Å². The third-order valence-corrected chi connectivity index (χ3v) is 4.64. The predicted molar refractivity (Wildman–Crippen MR) is 86.7 cm³/mol. The fraction of sp³-hybridized carbons (Fsp3) is 0.765. The molecule has 0 unspecified atom stereocenters. The van der Waals surface area contributed by atoms with Crippen molar-refractivity contribution in [2.24, 2.45) is 0 Å². The average Bonchev–Trinajstić information content (AvgIpc) is 2.75. The summed E-state index contributed by atoms with van der Waals surface area (Å²) in [5.41, 5.74) is 1.91. The van der Waals surface area contributed by atoms with Crippen molar-refractivity contribution in [1.29, 1.82) is 0 Å². The van der Waals surface area contributed by atoms with Crippen LogP contribution >= 0.6 is 0 Å². The highest BCUT2D eigenvalue weighted by Gasteiger charge is 2.36. The number of hydrogen-bond donors (Lipinski definition) is 1. The summed E-state index contributed by atoms with van der Waals surface area (Å²) in [7, 11) is 1.81. The number of ether oxygens (including phenoxy) is 1. The highest BCUT2D eigenvalue weighted by molar-refractivity contribution is 5.46. The lowest BCUT2D eigenvalue weighted by Crippen LogP contribution is -2.31. The molecule has 1 aromatic heterocycles. The van der Waals surface area contributed by atoms with Crippen LogP contribution in [0, 0.1) is 13.8 Å². The summed E-state index contributed by atoms with van der Waals surface area (Å²) in [6.07, 6.45) is 8.11. The minimum absolute atomic E-state index is 0.294. The van der Waals surface area contributed by atoms with Crippen molar-refractivity contribution in [2.75, 3.05) is 19.0 Å². The minimum Gasteiger partial charge on any atom is -0.370 e. The highest BCUT2D eigenvalue weighted by atomic mass is 16.5. The Bertz CT molecular complexity index is 465. The SMILES string of the molecule is CCCNc1nc(C2(OC)CCCCCC2)nc(C)c1C. The molecule has 0 bridgehead atoms. The molecule has 1 aliphatic carbocycles. The van der Waals surface area contributed by atoms with Crippen molar-refractivity contribution in [2.45, 2.75) is 71.3 Å². The van der Waals surface area contributed by atoms with Gasteiger partial charge in [-0.05, 0) is 33.1 Å². The third-order valence-electron chi connectivity index (χ3n) is 4.64. The van der Waals surface area contributed by atoms with Crippen molar-refractivity contribution in [3.05, 3.63) is 17.1 Å². The molecule has 0 spiro atoms. The number of nitrogens with zero attached hydrogens (tertiary/aromatic N) is 2. The van der Waals surface area contributed by atoms with Gasteiger partial charge in [0, 0.05) is 24.9 Å². The second kappa shape index (κ2) is 7.21. The molecule has 0 amide bonds. The Morgan fingerprint density at radius 3 is 2.33 bits per heavy atom. The molecule has 2 rings (SSSR count). The Kier molecular flexibility index (Phi) is 5.57. The Balaban J connectivity index is 2.38. The van der Waals surface area contributed by atoms with Gasteiger partial charge in [0.25, 0.3) is 0 Å². The van der Waals surface area contributed by atoms with Gasteiger partial charge in [0.05, 0.1) is 0 Å².